The third-order valence-electron chi connectivity index (χ3n) is 2.24. The maximum atomic E-state index is 11.7. The highest BCUT2D eigenvalue weighted by molar-refractivity contribution is 4.84. The smallest absolute Gasteiger partial charge is 0.378 e. The van der Waals surface area contributed by atoms with Gasteiger partial charge in [-0.25, -0.2) is 0 Å². The lowest BCUT2D eigenvalue weighted by atomic mass is 9.89. The van der Waals surface area contributed by atoms with Gasteiger partial charge in [-0.15, -0.1) is 0 Å². The molecule has 2 nitrogen and oxygen atoms in total. The van der Waals surface area contributed by atoms with Gasteiger partial charge in [-0.05, 0) is 19.9 Å². The van der Waals surface area contributed by atoms with Crippen LogP contribution in [0.2, 0.25) is 0 Å². The second kappa shape index (κ2) is 4.28. The van der Waals surface area contributed by atoms with Crippen molar-refractivity contribution in [2.45, 2.75) is 37.6 Å². The Morgan fingerprint density at radius 3 is 2.46 bits per heavy atom. The van der Waals surface area contributed by atoms with Gasteiger partial charge < -0.3 is 10.1 Å². The van der Waals surface area contributed by atoms with E-state index in [9.17, 15) is 13.2 Å². The van der Waals surface area contributed by atoms with Crippen molar-refractivity contribution in [3.8, 4) is 0 Å². The summed E-state index contributed by atoms with van der Waals surface area (Å²) < 4.78 is 40.1. The van der Waals surface area contributed by atoms with Crippen molar-refractivity contribution in [2.24, 2.45) is 0 Å². The Balaban J connectivity index is 1.97. The SMILES string of the molecule is CNC1CC(OCCC(F)(F)F)C1. The summed E-state index contributed by atoms with van der Waals surface area (Å²) in [6.07, 6.45) is -3.25. The van der Waals surface area contributed by atoms with Crippen molar-refractivity contribution in [3.05, 3.63) is 0 Å². The molecule has 1 aliphatic rings. The molecule has 1 aliphatic carbocycles. The number of alkyl halides is 3. The summed E-state index contributed by atoms with van der Waals surface area (Å²) in [6, 6.07) is 0.427. The van der Waals surface area contributed by atoms with E-state index in [1.165, 1.54) is 0 Å². The van der Waals surface area contributed by atoms with Crippen molar-refractivity contribution >= 4 is 0 Å². The van der Waals surface area contributed by atoms with Crippen LogP contribution in [-0.4, -0.2) is 32.0 Å². The van der Waals surface area contributed by atoms with E-state index in [1.54, 1.807) is 0 Å². The third-order valence-corrected chi connectivity index (χ3v) is 2.24. The molecule has 1 fully saturated rings. The van der Waals surface area contributed by atoms with Gasteiger partial charge >= 0.3 is 6.18 Å². The van der Waals surface area contributed by atoms with E-state index in [-0.39, 0.29) is 12.7 Å². The molecule has 0 amide bonds. The highest BCUT2D eigenvalue weighted by Gasteiger charge is 2.31. The molecule has 1 N–H and O–H groups in total. The standard InChI is InChI=1S/C8H14F3NO/c1-12-6-4-7(5-6)13-3-2-8(9,10)11/h6-7,12H,2-5H2,1H3. The van der Waals surface area contributed by atoms with Gasteiger partial charge in [-0.3, -0.25) is 0 Å². The topological polar surface area (TPSA) is 21.3 Å². The Morgan fingerprint density at radius 1 is 1.38 bits per heavy atom. The number of halogens is 3. The van der Waals surface area contributed by atoms with Crippen molar-refractivity contribution in [1.82, 2.24) is 5.32 Å². The number of rotatable bonds is 4. The van der Waals surface area contributed by atoms with E-state index in [0.29, 0.717) is 6.04 Å². The van der Waals surface area contributed by atoms with Crippen LogP contribution in [0.5, 0.6) is 0 Å². The van der Waals surface area contributed by atoms with Crippen LogP contribution in [0.3, 0.4) is 0 Å². The zero-order valence-electron chi connectivity index (χ0n) is 7.53. The molecule has 0 aromatic carbocycles. The third kappa shape index (κ3) is 3.95. The molecule has 0 heterocycles. The van der Waals surface area contributed by atoms with Gasteiger partial charge in [0.05, 0.1) is 19.1 Å². The molecule has 0 spiro atoms. The molecular weight excluding hydrogens is 183 g/mol. The first-order valence-corrected chi connectivity index (χ1v) is 4.37. The quantitative estimate of drug-likeness (QED) is 0.740. The Kier molecular flexibility index (Phi) is 3.55. The predicted molar refractivity (Wildman–Crippen MR) is 42.5 cm³/mol. The number of hydrogen-bond acceptors (Lipinski definition) is 2. The molecule has 0 bridgehead atoms. The van der Waals surface area contributed by atoms with Gasteiger partial charge in [-0.1, -0.05) is 0 Å². The maximum absolute atomic E-state index is 11.7. The fourth-order valence-corrected chi connectivity index (χ4v) is 1.28. The fourth-order valence-electron chi connectivity index (χ4n) is 1.28. The highest BCUT2D eigenvalue weighted by atomic mass is 19.4. The van der Waals surface area contributed by atoms with Gasteiger partial charge in [-0.2, -0.15) is 13.2 Å². The average molecular weight is 197 g/mol. The summed E-state index contributed by atoms with van der Waals surface area (Å²) in [4.78, 5) is 0. The molecule has 0 saturated heterocycles. The molecule has 0 unspecified atom stereocenters. The van der Waals surface area contributed by atoms with Crippen LogP contribution < -0.4 is 5.32 Å². The van der Waals surface area contributed by atoms with E-state index < -0.39 is 12.6 Å². The van der Waals surface area contributed by atoms with E-state index in [4.69, 9.17) is 4.74 Å². The van der Waals surface area contributed by atoms with Gasteiger partial charge in [0.15, 0.2) is 0 Å². The molecular formula is C8H14F3NO. The fraction of sp³-hybridized carbons (Fsp3) is 1.00. The van der Waals surface area contributed by atoms with Crippen LogP contribution in [0, 0.1) is 0 Å². The van der Waals surface area contributed by atoms with Crippen LogP contribution in [0.25, 0.3) is 0 Å². The lowest BCUT2D eigenvalue weighted by molar-refractivity contribution is -0.153. The molecule has 0 aromatic heterocycles. The van der Waals surface area contributed by atoms with Crippen LogP contribution in [-0.2, 0) is 4.74 Å². The number of hydrogen-bond donors (Lipinski definition) is 1. The largest absolute Gasteiger partial charge is 0.391 e. The first kappa shape index (κ1) is 10.8. The van der Waals surface area contributed by atoms with Crippen LogP contribution in [0.15, 0.2) is 0 Å². The Morgan fingerprint density at radius 2 is 2.00 bits per heavy atom. The van der Waals surface area contributed by atoms with E-state index in [2.05, 4.69) is 5.32 Å². The summed E-state index contributed by atoms with van der Waals surface area (Å²) in [5.41, 5.74) is 0. The van der Waals surface area contributed by atoms with Crippen molar-refractivity contribution in [2.75, 3.05) is 13.7 Å². The van der Waals surface area contributed by atoms with Crippen molar-refractivity contribution < 1.29 is 17.9 Å². The molecule has 78 valence electrons. The van der Waals surface area contributed by atoms with Gasteiger partial charge in [0.25, 0.3) is 0 Å². The lowest BCUT2D eigenvalue weighted by Crippen LogP contribution is -2.44. The minimum absolute atomic E-state index is 0.0276. The number of nitrogens with one attached hydrogen (secondary N) is 1. The van der Waals surface area contributed by atoms with Crippen LogP contribution >= 0.6 is 0 Å². The molecule has 13 heavy (non-hydrogen) atoms. The van der Waals surface area contributed by atoms with E-state index in [1.807, 2.05) is 7.05 Å². The minimum Gasteiger partial charge on any atom is -0.378 e. The molecule has 1 saturated carbocycles. The molecule has 0 atom stereocenters. The van der Waals surface area contributed by atoms with Gasteiger partial charge in [0, 0.05) is 6.04 Å². The maximum Gasteiger partial charge on any atom is 0.391 e. The molecule has 5 heteroatoms. The monoisotopic (exact) mass is 197 g/mol. The van der Waals surface area contributed by atoms with E-state index in [0.717, 1.165) is 12.8 Å². The summed E-state index contributed by atoms with van der Waals surface area (Å²) in [5.74, 6) is 0. The summed E-state index contributed by atoms with van der Waals surface area (Å²) >= 11 is 0. The highest BCUT2D eigenvalue weighted by Crippen LogP contribution is 2.25. The molecule has 0 radical (unpaired) electrons. The van der Waals surface area contributed by atoms with Crippen LogP contribution in [0.4, 0.5) is 13.2 Å². The Labute approximate surface area is 75.4 Å². The second-order valence-corrected chi connectivity index (χ2v) is 3.31. The van der Waals surface area contributed by atoms with Gasteiger partial charge in [0.2, 0.25) is 0 Å². The predicted octanol–water partition coefficient (Wildman–Crippen LogP) is 1.71. The normalized spacial score (nSPS) is 28.6. The Bertz CT molecular complexity index is 154. The van der Waals surface area contributed by atoms with Crippen molar-refractivity contribution in [1.29, 1.82) is 0 Å². The zero-order valence-corrected chi connectivity index (χ0v) is 7.53. The first-order chi connectivity index (χ1) is 6.01. The second-order valence-electron chi connectivity index (χ2n) is 3.31. The average Bonchev–Trinajstić information content (AvgIpc) is 1.91. The van der Waals surface area contributed by atoms with Crippen molar-refractivity contribution in [3.63, 3.8) is 0 Å². The number of ether oxygens (including phenoxy) is 1. The Hall–Kier alpha value is -0.290. The zero-order chi connectivity index (χ0) is 9.90. The lowest BCUT2D eigenvalue weighted by Gasteiger charge is -2.34. The van der Waals surface area contributed by atoms with Gasteiger partial charge in [0.1, 0.15) is 0 Å². The summed E-state index contributed by atoms with van der Waals surface area (Å²) in [6.45, 7) is -0.204. The van der Waals surface area contributed by atoms with E-state index >= 15 is 0 Å². The molecule has 1 rings (SSSR count). The summed E-state index contributed by atoms with van der Waals surface area (Å²) in [5, 5.41) is 3.04. The molecule has 0 aromatic rings. The summed E-state index contributed by atoms with van der Waals surface area (Å²) in [7, 11) is 1.84. The first-order valence-electron chi connectivity index (χ1n) is 4.37. The molecule has 0 aliphatic heterocycles. The minimum atomic E-state index is -4.09. The van der Waals surface area contributed by atoms with Crippen LogP contribution in [0.1, 0.15) is 19.3 Å².